The normalized spacial score (nSPS) is 14.3. The van der Waals surface area contributed by atoms with Gasteiger partial charge in [-0.2, -0.15) is 5.26 Å². The van der Waals surface area contributed by atoms with Gasteiger partial charge in [-0.15, -0.1) is 0 Å². The van der Waals surface area contributed by atoms with Gasteiger partial charge in [0.25, 0.3) is 0 Å². The van der Waals surface area contributed by atoms with Crippen molar-refractivity contribution in [3.8, 4) is 6.07 Å². The molecule has 0 heterocycles. The number of hydrogen-bond acceptors (Lipinski definition) is 3. The van der Waals surface area contributed by atoms with Crippen molar-refractivity contribution in [2.75, 3.05) is 13.2 Å². The summed E-state index contributed by atoms with van der Waals surface area (Å²) >= 11 is 0. The lowest BCUT2D eigenvalue weighted by atomic mass is 9.84. The first-order valence-corrected chi connectivity index (χ1v) is 6.98. The molecular weight excluding hydrogens is 224 g/mol. The number of nitrogens with zero attached hydrogens (tertiary/aromatic N) is 1. The molecule has 0 saturated heterocycles. The average Bonchev–Trinajstić information content (AvgIpc) is 2.26. The van der Waals surface area contributed by atoms with Crippen molar-refractivity contribution in [3.05, 3.63) is 0 Å². The van der Waals surface area contributed by atoms with Crippen LogP contribution in [0.2, 0.25) is 0 Å². The quantitative estimate of drug-likeness (QED) is 0.654. The fraction of sp³-hybridized carbons (Fsp3) is 0.933. The molecule has 3 heteroatoms. The summed E-state index contributed by atoms with van der Waals surface area (Å²) in [5, 5.41) is 21.5. The van der Waals surface area contributed by atoms with Gasteiger partial charge >= 0.3 is 0 Å². The smallest absolute Gasteiger partial charge is 0.0683 e. The fourth-order valence-corrected chi connectivity index (χ4v) is 1.99. The van der Waals surface area contributed by atoms with E-state index in [9.17, 15) is 0 Å². The van der Waals surface area contributed by atoms with Crippen LogP contribution in [0.3, 0.4) is 0 Å². The van der Waals surface area contributed by atoms with Crippen molar-refractivity contribution in [2.24, 2.45) is 10.8 Å². The maximum Gasteiger partial charge on any atom is 0.0683 e. The van der Waals surface area contributed by atoms with Gasteiger partial charge in [0, 0.05) is 12.6 Å². The van der Waals surface area contributed by atoms with Crippen LogP contribution in [0.25, 0.3) is 0 Å². The molecule has 0 aliphatic heterocycles. The lowest BCUT2D eigenvalue weighted by Gasteiger charge is -2.31. The highest BCUT2D eigenvalue weighted by molar-refractivity contribution is 4.91. The van der Waals surface area contributed by atoms with Gasteiger partial charge in [-0.1, -0.05) is 27.2 Å². The number of nitrogens with one attached hydrogen (secondary N) is 1. The standard InChI is InChI=1S/C15H30N2O/c1-14(2,3)13(8-11-18)17-10-7-6-9-15(4,5)12-16/h13,17-18H,6-11H2,1-5H3. The Kier molecular flexibility index (Phi) is 7.51. The highest BCUT2D eigenvalue weighted by Gasteiger charge is 2.23. The molecule has 1 atom stereocenters. The largest absolute Gasteiger partial charge is 0.396 e. The van der Waals surface area contributed by atoms with E-state index >= 15 is 0 Å². The van der Waals surface area contributed by atoms with Gasteiger partial charge in [0.1, 0.15) is 0 Å². The third kappa shape index (κ3) is 7.68. The van der Waals surface area contributed by atoms with Crippen LogP contribution in [0.5, 0.6) is 0 Å². The van der Waals surface area contributed by atoms with Gasteiger partial charge in [-0.05, 0) is 45.1 Å². The van der Waals surface area contributed by atoms with Crippen molar-refractivity contribution in [3.63, 3.8) is 0 Å². The van der Waals surface area contributed by atoms with Crippen LogP contribution in [0.1, 0.15) is 60.3 Å². The minimum absolute atomic E-state index is 0.175. The highest BCUT2D eigenvalue weighted by Crippen LogP contribution is 2.23. The Hall–Kier alpha value is -0.590. The number of rotatable bonds is 8. The molecule has 18 heavy (non-hydrogen) atoms. The van der Waals surface area contributed by atoms with Crippen LogP contribution < -0.4 is 5.32 Å². The molecular formula is C15H30N2O. The Morgan fingerprint density at radius 3 is 2.22 bits per heavy atom. The van der Waals surface area contributed by atoms with E-state index in [1.165, 1.54) is 0 Å². The molecule has 2 N–H and O–H groups in total. The van der Waals surface area contributed by atoms with E-state index in [2.05, 4.69) is 32.2 Å². The molecule has 0 aromatic heterocycles. The van der Waals surface area contributed by atoms with Gasteiger partial charge in [-0.3, -0.25) is 0 Å². The minimum atomic E-state index is -0.200. The van der Waals surface area contributed by atoms with E-state index in [0.29, 0.717) is 6.04 Å². The van der Waals surface area contributed by atoms with Gasteiger partial charge in [-0.25, -0.2) is 0 Å². The highest BCUT2D eigenvalue weighted by atomic mass is 16.3. The van der Waals surface area contributed by atoms with Gasteiger partial charge in [0.05, 0.1) is 11.5 Å². The summed E-state index contributed by atoms with van der Waals surface area (Å²) in [5.74, 6) is 0. The number of aliphatic hydroxyl groups excluding tert-OH is 1. The Morgan fingerprint density at radius 2 is 1.78 bits per heavy atom. The molecule has 1 unspecified atom stereocenters. The van der Waals surface area contributed by atoms with Crippen LogP contribution in [0, 0.1) is 22.2 Å². The van der Waals surface area contributed by atoms with E-state index in [0.717, 1.165) is 32.2 Å². The van der Waals surface area contributed by atoms with Crippen molar-refractivity contribution in [1.29, 1.82) is 5.26 Å². The summed E-state index contributed by atoms with van der Waals surface area (Å²) in [5.41, 5.74) is -0.0246. The lowest BCUT2D eigenvalue weighted by Crippen LogP contribution is -2.41. The Balaban J connectivity index is 3.85. The molecule has 0 rings (SSSR count). The zero-order valence-electron chi connectivity index (χ0n) is 12.7. The van der Waals surface area contributed by atoms with E-state index < -0.39 is 0 Å². The molecule has 0 fully saturated rings. The molecule has 3 nitrogen and oxygen atoms in total. The molecule has 0 aliphatic rings. The maximum absolute atomic E-state index is 9.07. The van der Waals surface area contributed by atoms with E-state index in [1.807, 2.05) is 13.8 Å². The predicted molar refractivity (Wildman–Crippen MR) is 76.2 cm³/mol. The molecule has 0 aromatic rings. The summed E-state index contributed by atoms with van der Waals surface area (Å²) in [6.07, 6.45) is 3.91. The van der Waals surface area contributed by atoms with Crippen molar-refractivity contribution in [1.82, 2.24) is 5.32 Å². The van der Waals surface area contributed by atoms with Gasteiger partial charge < -0.3 is 10.4 Å². The van der Waals surface area contributed by atoms with Crippen LogP contribution >= 0.6 is 0 Å². The second kappa shape index (κ2) is 7.76. The first kappa shape index (κ1) is 17.4. The monoisotopic (exact) mass is 254 g/mol. The molecule has 0 aromatic carbocycles. The molecule has 0 radical (unpaired) electrons. The van der Waals surface area contributed by atoms with Crippen molar-refractivity contribution < 1.29 is 5.11 Å². The van der Waals surface area contributed by atoms with Crippen LogP contribution in [-0.2, 0) is 0 Å². The predicted octanol–water partition coefficient (Wildman–Crippen LogP) is 3.09. The molecule has 106 valence electrons. The molecule has 0 aliphatic carbocycles. The summed E-state index contributed by atoms with van der Waals surface area (Å²) in [7, 11) is 0. The SMILES string of the molecule is CC(C)(C#N)CCCCNC(CCO)C(C)(C)C. The minimum Gasteiger partial charge on any atom is -0.396 e. The molecule has 0 spiro atoms. The van der Waals surface area contributed by atoms with E-state index in [1.54, 1.807) is 0 Å². The summed E-state index contributed by atoms with van der Waals surface area (Å²) in [4.78, 5) is 0. The number of unbranched alkanes of at least 4 members (excludes halogenated alkanes) is 1. The zero-order valence-corrected chi connectivity index (χ0v) is 12.7. The summed E-state index contributed by atoms with van der Waals surface area (Å²) < 4.78 is 0. The maximum atomic E-state index is 9.07. The fourth-order valence-electron chi connectivity index (χ4n) is 1.99. The van der Waals surface area contributed by atoms with Crippen molar-refractivity contribution >= 4 is 0 Å². The van der Waals surface area contributed by atoms with E-state index in [4.69, 9.17) is 10.4 Å². The average molecular weight is 254 g/mol. The number of hydrogen-bond donors (Lipinski definition) is 2. The molecule has 0 bridgehead atoms. The molecule has 0 amide bonds. The molecule has 0 saturated carbocycles. The van der Waals surface area contributed by atoms with Crippen LogP contribution in [0.15, 0.2) is 0 Å². The van der Waals surface area contributed by atoms with Crippen LogP contribution in [0.4, 0.5) is 0 Å². The van der Waals surface area contributed by atoms with Crippen LogP contribution in [-0.4, -0.2) is 24.3 Å². The Labute approximate surface area is 113 Å². The Bertz CT molecular complexity index is 261. The van der Waals surface area contributed by atoms with E-state index in [-0.39, 0.29) is 17.4 Å². The Morgan fingerprint density at radius 1 is 1.17 bits per heavy atom. The van der Waals surface area contributed by atoms with Crippen molar-refractivity contribution in [2.45, 2.75) is 66.3 Å². The van der Waals surface area contributed by atoms with Gasteiger partial charge in [0.2, 0.25) is 0 Å². The second-order valence-electron chi connectivity index (χ2n) is 6.84. The first-order valence-electron chi connectivity index (χ1n) is 6.98. The second-order valence-corrected chi connectivity index (χ2v) is 6.84. The topological polar surface area (TPSA) is 56.0 Å². The zero-order chi connectivity index (χ0) is 14.2. The summed E-state index contributed by atoms with van der Waals surface area (Å²) in [6, 6.07) is 2.69. The van der Waals surface area contributed by atoms with Gasteiger partial charge in [0.15, 0.2) is 0 Å². The first-order chi connectivity index (χ1) is 8.23. The third-order valence-electron chi connectivity index (χ3n) is 3.39. The third-order valence-corrected chi connectivity index (χ3v) is 3.39. The lowest BCUT2D eigenvalue weighted by molar-refractivity contribution is 0.197. The number of nitriles is 1. The number of aliphatic hydroxyl groups is 1. The summed E-state index contributed by atoms with van der Waals surface area (Å²) in [6.45, 7) is 11.8.